The van der Waals surface area contributed by atoms with Crippen molar-refractivity contribution < 1.29 is 28.3 Å². The van der Waals surface area contributed by atoms with Crippen molar-refractivity contribution in [3.05, 3.63) is 100 Å². The number of tetrazole rings is 1. The van der Waals surface area contributed by atoms with Crippen LogP contribution in [0.4, 0.5) is 15.8 Å². The molecular formula is C34H32ClFN8O5. The van der Waals surface area contributed by atoms with Gasteiger partial charge in [0.15, 0.2) is 5.82 Å². The lowest BCUT2D eigenvalue weighted by Crippen LogP contribution is -2.50. The summed E-state index contributed by atoms with van der Waals surface area (Å²) in [6.07, 6.45) is 4.10. The molecular weight excluding hydrogens is 655 g/mol. The first-order valence-corrected chi connectivity index (χ1v) is 15.9. The Morgan fingerprint density at radius 2 is 1.86 bits per heavy atom. The van der Waals surface area contributed by atoms with Crippen LogP contribution in [0.5, 0.6) is 0 Å². The minimum absolute atomic E-state index is 0.0240. The van der Waals surface area contributed by atoms with Crippen LogP contribution in [-0.4, -0.2) is 93.5 Å². The van der Waals surface area contributed by atoms with Gasteiger partial charge in [-0.2, -0.15) is 4.68 Å². The molecule has 1 aromatic heterocycles. The highest BCUT2D eigenvalue weighted by molar-refractivity contribution is 6.31. The summed E-state index contributed by atoms with van der Waals surface area (Å²) in [4.78, 5) is 58.3. The summed E-state index contributed by atoms with van der Waals surface area (Å²) >= 11 is 6.07. The molecule has 1 N–H and O–H groups in total. The molecule has 6 rings (SSSR count). The van der Waals surface area contributed by atoms with Crippen molar-refractivity contribution in [2.45, 2.75) is 19.4 Å². The van der Waals surface area contributed by atoms with Crippen LogP contribution in [0.1, 0.15) is 40.0 Å². The lowest BCUT2D eigenvalue weighted by Gasteiger charge is -2.39. The molecule has 13 nitrogen and oxygen atoms in total. The molecule has 0 spiro atoms. The van der Waals surface area contributed by atoms with E-state index in [0.717, 1.165) is 5.56 Å². The first-order chi connectivity index (χ1) is 23.7. The largest absolute Gasteiger partial charge is 0.462 e. The molecule has 0 aliphatic carbocycles. The van der Waals surface area contributed by atoms with Gasteiger partial charge >= 0.3 is 5.97 Å². The first kappa shape index (κ1) is 33.4. The van der Waals surface area contributed by atoms with Gasteiger partial charge < -0.3 is 19.9 Å². The predicted octanol–water partition coefficient (Wildman–Crippen LogP) is 3.69. The molecule has 49 heavy (non-hydrogen) atoms. The van der Waals surface area contributed by atoms with Crippen LogP contribution < -0.4 is 10.2 Å². The molecule has 1 unspecified atom stereocenters. The zero-order valence-electron chi connectivity index (χ0n) is 26.7. The van der Waals surface area contributed by atoms with Gasteiger partial charge in [0.25, 0.3) is 5.91 Å². The summed E-state index contributed by atoms with van der Waals surface area (Å²) in [5.41, 5.74) is 2.98. The van der Waals surface area contributed by atoms with E-state index in [-0.39, 0.29) is 41.9 Å². The molecule has 1 fully saturated rings. The number of nitrogens with one attached hydrogen (secondary N) is 1. The zero-order valence-corrected chi connectivity index (χ0v) is 27.4. The second-order valence-electron chi connectivity index (χ2n) is 11.5. The normalized spacial score (nSPS) is 16.5. The molecule has 15 heteroatoms. The van der Waals surface area contributed by atoms with Gasteiger partial charge in [-0.15, -0.1) is 5.10 Å². The summed E-state index contributed by atoms with van der Waals surface area (Å²) in [7, 11) is 1.88. The molecule has 252 valence electrons. The summed E-state index contributed by atoms with van der Waals surface area (Å²) in [5, 5.41) is 13.7. The van der Waals surface area contributed by atoms with Crippen LogP contribution in [0.15, 0.2) is 67.0 Å². The molecule has 3 amide bonds. The number of likely N-dealkylation sites (N-methyl/N-ethyl adjacent to an activating group) is 1. The Morgan fingerprint density at radius 1 is 1.06 bits per heavy atom. The number of rotatable bonds is 8. The maximum absolute atomic E-state index is 15.3. The van der Waals surface area contributed by atoms with Gasteiger partial charge in [-0.25, -0.2) is 9.18 Å². The van der Waals surface area contributed by atoms with Crippen molar-refractivity contribution in [2.75, 3.05) is 50.1 Å². The Labute approximate surface area is 285 Å². The minimum Gasteiger partial charge on any atom is -0.462 e. The highest BCUT2D eigenvalue weighted by atomic mass is 35.5. The van der Waals surface area contributed by atoms with E-state index < -0.39 is 29.6 Å². The van der Waals surface area contributed by atoms with Crippen molar-refractivity contribution in [3.63, 3.8) is 0 Å². The maximum Gasteiger partial charge on any atom is 0.338 e. The summed E-state index contributed by atoms with van der Waals surface area (Å²) in [6, 6.07) is 13.4. The van der Waals surface area contributed by atoms with Gasteiger partial charge in [-0.05, 0) is 90.5 Å². The van der Waals surface area contributed by atoms with Gasteiger partial charge in [0, 0.05) is 42.6 Å². The van der Waals surface area contributed by atoms with E-state index in [1.807, 2.05) is 18.0 Å². The number of carbonyl (C=O) groups excluding carboxylic acids is 4. The number of amides is 3. The number of aromatic nitrogens is 4. The Bertz CT molecular complexity index is 1940. The van der Waals surface area contributed by atoms with E-state index in [1.54, 1.807) is 36.1 Å². The van der Waals surface area contributed by atoms with Gasteiger partial charge in [0.05, 0.1) is 29.4 Å². The fraction of sp³-hybridized carbons (Fsp3) is 0.265. The van der Waals surface area contributed by atoms with Crippen molar-refractivity contribution in [3.8, 4) is 5.69 Å². The number of halogens is 2. The number of esters is 1. The number of nitrogens with zero attached hydrogens (tertiary/aromatic N) is 7. The second kappa shape index (κ2) is 14.3. The molecule has 0 saturated carbocycles. The number of piperazine rings is 1. The molecule has 3 heterocycles. The molecule has 0 bridgehead atoms. The van der Waals surface area contributed by atoms with Crippen molar-refractivity contribution in [1.82, 2.24) is 30.0 Å². The molecule has 4 aromatic rings. The SMILES string of the molecule is CCOC(=O)c1ccc(NC(=O)C2c3cccc(N4CCN(C)CC4=O)c3CCN2C(=O)C=Cc2c(-n3cnnn3)ccc(Cl)c2F)cc1. The predicted molar refractivity (Wildman–Crippen MR) is 179 cm³/mol. The molecule has 1 saturated heterocycles. The average Bonchev–Trinajstić information content (AvgIpc) is 3.63. The van der Waals surface area contributed by atoms with Gasteiger partial charge in [-0.3, -0.25) is 19.3 Å². The number of ether oxygens (including phenoxy) is 1. The van der Waals surface area contributed by atoms with E-state index in [1.165, 1.54) is 52.3 Å². The third-order valence-corrected chi connectivity index (χ3v) is 8.68. The smallest absolute Gasteiger partial charge is 0.338 e. The van der Waals surface area contributed by atoms with E-state index in [2.05, 4.69) is 20.8 Å². The van der Waals surface area contributed by atoms with Crippen molar-refractivity contribution >= 4 is 52.7 Å². The minimum atomic E-state index is -1.11. The Hall–Kier alpha value is -5.47. The topological polar surface area (TPSA) is 143 Å². The van der Waals surface area contributed by atoms with Crippen molar-refractivity contribution in [2.24, 2.45) is 0 Å². The summed E-state index contributed by atoms with van der Waals surface area (Å²) in [5.74, 6) is -2.41. The van der Waals surface area contributed by atoms with E-state index in [4.69, 9.17) is 16.3 Å². The Morgan fingerprint density at radius 3 is 2.57 bits per heavy atom. The van der Waals surface area contributed by atoms with Gasteiger partial charge in [0.2, 0.25) is 11.8 Å². The third-order valence-electron chi connectivity index (χ3n) is 8.39. The molecule has 2 aliphatic heterocycles. The van der Waals surface area contributed by atoms with Crippen LogP contribution in [0.2, 0.25) is 5.02 Å². The monoisotopic (exact) mass is 686 g/mol. The zero-order chi connectivity index (χ0) is 34.7. The quantitative estimate of drug-likeness (QED) is 0.217. The van der Waals surface area contributed by atoms with Crippen LogP contribution in [0.25, 0.3) is 11.8 Å². The van der Waals surface area contributed by atoms with Crippen molar-refractivity contribution in [1.29, 1.82) is 0 Å². The number of carbonyl (C=O) groups is 4. The van der Waals surface area contributed by atoms with Crippen LogP contribution >= 0.6 is 11.6 Å². The Kier molecular flexibility index (Phi) is 9.78. The number of hydrogen-bond acceptors (Lipinski definition) is 9. The molecule has 2 aliphatic rings. The fourth-order valence-electron chi connectivity index (χ4n) is 6.02. The van der Waals surface area contributed by atoms with E-state index >= 15 is 4.39 Å². The molecule has 3 aromatic carbocycles. The van der Waals surface area contributed by atoms with Gasteiger partial charge in [-0.1, -0.05) is 23.7 Å². The molecule has 0 radical (unpaired) electrons. The highest BCUT2D eigenvalue weighted by Gasteiger charge is 2.38. The van der Waals surface area contributed by atoms with Crippen LogP contribution in [0, 0.1) is 5.82 Å². The maximum atomic E-state index is 15.3. The first-order valence-electron chi connectivity index (χ1n) is 15.5. The Balaban J connectivity index is 1.35. The van der Waals surface area contributed by atoms with Crippen LogP contribution in [0.3, 0.4) is 0 Å². The third kappa shape index (κ3) is 6.91. The highest BCUT2D eigenvalue weighted by Crippen LogP contribution is 2.37. The fourth-order valence-corrected chi connectivity index (χ4v) is 6.18. The van der Waals surface area contributed by atoms with E-state index in [0.29, 0.717) is 42.0 Å². The summed E-state index contributed by atoms with van der Waals surface area (Å²) < 4.78 is 21.6. The lowest BCUT2D eigenvalue weighted by molar-refractivity contribution is -0.135. The van der Waals surface area contributed by atoms with Crippen LogP contribution in [-0.2, 0) is 25.5 Å². The number of fused-ring (bicyclic) bond motifs is 1. The van der Waals surface area contributed by atoms with E-state index in [9.17, 15) is 19.2 Å². The lowest BCUT2D eigenvalue weighted by atomic mass is 9.89. The molecule has 1 atom stereocenters. The summed E-state index contributed by atoms with van der Waals surface area (Å²) in [6.45, 7) is 3.49. The number of anilines is 2. The standard InChI is InChI=1S/C34H32ClFN8O5/c1-3-49-34(48)21-7-9-22(10-8-21)38-33(47)32-24-5-4-6-27(42-18-17-41(2)19-30(42)46)23(24)15-16-43(32)29(45)14-11-25-28(44-20-37-39-40-44)13-12-26(35)31(25)36/h4-14,20,32H,3,15-19H2,1-2H3,(H,38,47). The van der Waals surface area contributed by atoms with Gasteiger partial charge in [0.1, 0.15) is 12.4 Å². The average molecular weight is 687 g/mol. The second-order valence-corrected chi connectivity index (χ2v) is 11.9. The number of benzene rings is 3. The number of hydrogen-bond donors (Lipinski definition) is 1.